The number of allylic oxidation sites excluding steroid dienone is 2. The van der Waals surface area contributed by atoms with E-state index in [9.17, 15) is 18.0 Å². The van der Waals surface area contributed by atoms with Crippen molar-refractivity contribution in [2.24, 2.45) is 0 Å². The van der Waals surface area contributed by atoms with Gasteiger partial charge in [0, 0.05) is 25.2 Å². The number of hydrogen-bond donors (Lipinski definition) is 1. The number of esters is 1. The molecule has 0 atom stereocenters. The molecule has 0 spiro atoms. The SMILES string of the molecule is CCN(C(=O)COC(=O)c1ccc(S(=O)(=O)NCCC#N)cc1)C1=CCCCC1. The quantitative estimate of drug-likeness (QED) is 0.485. The lowest BCUT2D eigenvalue weighted by Crippen LogP contribution is -2.34. The van der Waals surface area contributed by atoms with E-state index in [1.54, 1.807) is 4.90 Å². The number of ether oxygens (including phenoxy) is 1. The van der Waals surface area contributed by atoms with Crippen LogP contribution in [0.4, 0.5) is 0 Å². The fraction of sp³-hybridized carbons (Fsp3) is 0.450. The Bertz CT molecular complexity index is 901. The lowest BCUT2D eigenvalue weighted by molar-refractivity contribution is -0.132. The number of carbonyl (C=O) groups excluding carboxylic acids is 2. The molecule has 0 heterocycles. The number of amides is 1. The van der Waals surface area contributed by atoms with Crippen LogP contribution in [0.3, 0.4) is 0 Å². The second-order valence-corrected chi connectivity index (χ2v) is 8.25. The molecular formula is C20H25N3O5S. The molecule has 156 valence electrons. The van der Waals surface area contributed by atoms with Gasteiger partial charge in [-0.25, -0.2) is 17.9 Å². The summed E-state index contributed by atoms with van der Waals surface area (Å²) < 4.78 is 31.5. The first-order valence-corrected chi connectivity index (χ1v) is 11.0. The number of carbonyl (C=O) groups is 2. The average Bonchev–Trinajstić information content (AvgIpc) is 2.73. The number of sulfonamides is 1. The Morgan fingerprint density at radius 1 is 1.24 bits per heavy atom. The third-order valence-electron chi connectivity index (χ3n) is 4.49. The topological polar surface area (TPSA) is 117 Å². The summed E-state index contributed by atoms with van der Waals surface area (Å²) in [5.41, 5.74) is 1.12. The zero-order valence-electron chi connectivity index (χ0n) is 16.4. The number of hydrogen-bond acceptors (Lipinski definition) is 6. The zero-order chi connectivity index (χ0) is 21.3. The van der Waals surface area contributed by atoms with Gasteiger partial charge in [-0.2, -0.15) is 5.26 Å². The van der Waals surface area contributed by atoms with E-state index in [-0.39, 0.29) is 35.9 Å². The van der Waals surface area contributed by atoms with Crippen molar-refractivity contribution in [3.8, 4) is 6.07 Å². The molecule has 1 amide bonds. The van der Waals surface area contributed by atoms with E-state index in [1.165, 1.54) is 24.3 Å². The van der Waals surface area contributed by atoms with Crippen LogP contribution in [0, 0.1) is 11.3 Å². The molecule has 0 aromatic heterocycles. The van der Waals surface area contributed by atoms with E-state index < -0.39 is 16.0 Å². The minimum absolute atomic E-state index is 0.00903. The van der Waals surface area contributed by atoms with Crippen molar-refractivity contribution in [2.75, 3.05) is 19.7 Å². The molecule has 1 aliphatic rings. The van der Waals surface area contributed by atoms with Gasteiger partial charge in [0.2, 0.25) is 10.0 Å². The summed E-state index contributed by atoms with van der Waals surface area (Å²) in [5, 5.41) is 8.48. The molecule has 0 aliphatic heterocycles. The van der Waals surface area contributed by atoms with Crippen molar-refractivity contribution in [2.45, 2.75) is 43.9 Å². The van der Waals surface area contributed by atoms with Gasteiger partial charge in [0.1, 0.15) is 0 Å². The number of rotatable bonds is 9. The molecule has 0 saturated carbocycles. The molecule has 0 unspecified atom stereocenters. The highest BCUT2D eigenvalue weighted by Gasteiger charge is 2.20. The molecule has 1 aromatic rings. The maximum Gasteiger partial charge on any atom is 0.338 e. The van der Waals surface area contributed by atoms with Crippen molar-refractivity contribution in [3.05, 3.63) is 41.6 Å². The van der Waals surface area contributed by atoms with E-state index in [4.69, 9.17) is 10.00 Å². The zero-order valence-corrected chi connectivity index (χ0v) is 17.2. The van der Waals surface area contributed by atoms with Crippen LogP contribution in [0.5, 0.6) is 0 Å². The Balaban J connectivity index is 1.94. The van der Waals surface area contributed by atoms with Gasteiger partial charge in [-0.15, -0.1) is 0 Å². The predicted octanol–water partition coefficient (Wildman–Crippen LogP) is 2.34. The van der Waals surface area contributed by atoms with E-state index in [0.29, 0.717) is 6.54 Å². The second kappa shape index (κ2) is 10.7. The molecule has 0 bridgehead atoms. The molecule has 29 heavy (non-hydrogen) atoms. The summed E-state index contributed by atoms with van der Waals surface area (Å²) in [5.74, 6) is -0.983. The number of nitriles is 1. The smallest absolute Gasteiger partial charge is 0.338 e. The molecule has 0 radical (unpaired) electrons. The van der Waals surface area contributed by atoms with E-state index in [1.807, 2.05) is 13.0 Å². The highest BCUT2D eigenvalue weighted by atomic mass is 32.2. The third-order valence-corrected chi connectivity index (χ3v) is 5.96. The first-order chi connectivity index (χ1) is 13.9. The van der Waals surface area contributed by atoms with Crippen molar-refractivity contribution in [1.29, 1.82) is 5.26 Å². The standard InChI is InChI=1S/C20H25N3O5S/c1-2-23(17-7-4-3-5-8-17)19(24)15-28-20(25)16-9-11-18(12-10-16)29(26,27)22-14-6-13-21/h7,9-12,22H,2-6,8,14-15H2,1H3. The summed E-state index contributed by atoms with van der Waals surface area (Å²) in [6.45, 7) is 2.02. The fourth-order valence-corrected chi connectivity index (χ4v) is 4.02. The van der Waals surface area contributed by atoms with E-state index in [2.05, 4.69) is 10.8 Å². The monoisotopic (exact) mass is 419 g/mol. The molecule has 9 heteroatoms. The van der Waals surface area contributed by atoms with Crippen molar-refractivity contribution in [3.63, 3.8) is 0 Å². The number of nitrogens with zero attached hydrogens (tertiary/aromatic N) is 2. The van der Waals surface area contributed by atoms with Gasteiger partial charge in [0.25, 0.3) is 5.91 Å². The predicted molar refractivity (Wildman–Crippen MR) is 106 cm³/mol. The largest absolute Gasteiger partial charge is 0.452 e. The Morgan fingerprint density at radius 3 is 2.55 bits per heavy atom. The van der Waals surface area contributed by atoms with E-state index in [0.717, 1.165) is 31.4 Å². The van der Waals surface area contributed by atoms with Gasteiger partial charge in [-0.1, -0.05) is 6.08 Å². The van der Waals surface area contributed by atoms with Crippen LogP contribution in [-0.2, 0) is 19.6 Å². The first-order valence-electron chi connectivity index (χ1n) is 9.52. The summed E-state index contributed by atoms with van der Waals surface area (Å²) in [6.07, 6.45) is 6.05. The van der Waals surface area contributed by atoms with Crippen LogP contribution in [0.2, 0.25) is 0 Å². The molecule has 1 aliphatic carbocycles. The first kappa shape index (κ1) is 22.6. The lowest BCUT2D eigenvalue weighted by atomic mass is 10.0. The summed E-state index contributed by atoms with van der Waals surface area (Å²) in [6, 6.07) is 7.05. The Kier molecular flexibility index (Phi) is 8.36. The summed E-state index contributed by atoms with van der Waals surface area (Å²) >= 11 is 0. The molecule has 0 fully saturated rings. The third kappa shape index (κ3) is 6.41. The van der Waals surface area contributed by atoms with Gasteiger partial charge in [0.15, 0.2) is 6.61 Å². The summed E-state index contributed by atoms with van der Waals surface area (Å²) in [7, 11) is -3.75. The Labute approximate surface area is 171 Å². The van der Waals surface area contributed by atoms with Crippen LogP contribution in [-0.4, -0.2) is 44.9 Å². The van der Waals surface area contributed by atoms with E-state index >= 15 is 0 Å². The molecule has 8 nitrogen and oxygen atoms in total. The highest BCUT2D eigenvalue weighted by molar-refractivity contribution is 7.89. The Hall–Kier alpha value is -2.70. The van der Waals surface area contributed by atoms with Gasteiger partial charge in [-0.3, -0.25) is 4.79 Å². The minimum Gasteiger partial charge on any atom is -0.452 e. The molecule has 1 aromatic carbocycles. The lowest BCUT2D eigenvalue weighted by Gasteiger charge is -2.26. The maximum atomic E-state index is 12.4. The Morgan fingerprint density at radius 2 is 1.97 bits per heavy atom. The summed E-state index contributed by atoms with van der Waals surface area (Å²) in [4.78, 5) is 26.2. The highest BCUT2D eigenvalue weighted by Crippen LogP contribution is 2.21. The van der Waals surface area contributed by atoms with Crippen LogP contribution in [0.25, 0.3) is 0 Å². The molecule has 1 N–H and O–H groups in total. The normalized spacial score (nSPS) is 13.9. The number of benzene rings is 1. The average molecular weight is 420 g/mol. The van der Waals surface area contributed by atoms with Crippen molar-refractivity contribution >= 4 is 21.9 Å². The van der Waals surface area contributed by atoms with Crippen LogP contribution >= 0.6 is 0 Å². The molecule has 0 saturated heterocycles. The van der Waals surface area contributed by atoms with Crippen LogP contribution < -0.4 is 4.72 Å². The van der Waals surface area contributed by atoms with Gasteiger partial charge in [-0.05, 0) is 56.9 Å². The van der Waals surface area contributed by atoms with Crippen LogP contribution in [0.1, 0.15) is 49.4 Å². The fourth-order valence-electron chi connectivity index (χ4n) is 2.99. The molecule has 2 rings (SSSR count). The maximum absolute atomic E-state index is 12.4. The van der Waals surface area contributed by atoms with Crippen molar-refractivity contribution < 1.29 is 22.7 Å². The van der Waals surface area contributed by atoms with Crippen LogP contribution in [0.15, 0.2) is 40.9 Å². The van der Waals surface area contributed by atoms with Crippen molar-refractivity contribution in [1.82, 2.24) is 9.62 Å². The number of likely N-dealkylation sites (N-methyl/N-ethyl adjacent to an activating group) is 1. The van der Waals surface area contributed by atoms with Gasteiger partial charge >= 0.3 is 5.97 Å². The van der Waals surface area contributed by atoms with Gasteiger partial charge < -0.3 is 9.64 Å². The van der Waals surface area contributed by atoms with Gasteiger partial charge in [0.05, 0.1) is 16.5 Å². The number of nitrogens with one attached hydrogen (secondary N) is 1. The minimum atomic E-state index is -3.75. The molecular weight excluding hydrogens is 394 g/mol. The second-order valence-electron chi connectivity index (χ2n) is 6.49.